The van der Waals surface area contributed by atoms with Gasteiger partial charge in [-0.15, -0.1) is 0 Å². The number of aliphatic hydroxyl groups is 1. The molecule has 4 heteroatoms. The van der Waals surface area contributed by atoms with Gasteiger partial charge < -0.3 is 15.3 Å². The van der Waals surface area contributed by atoms with E-state index in [1.54, 1.807) is 11.8 Å². The monoisotopic (exact) mass is 276 g/mol. The number of hydrogen-bond donors (Lipinski definition) is 2. The normalized spacial score (nSPS) is 24.7. The third kappa shape index (κ3) is 3.12. The number of urea groups is 1. The maximum absolute atomic E-state index is 12.1. The molecule has 1 aromatic carbocycles. The molecule has 2 rings (SSSR count). The Bertz CT molecular complexity index is 453. The lowest BCUT2D eigenvalue weighted by atomic mass is 9.79. The first-order chi connectivity index (χ1) is 9.32. The van der Waals surface area contributed by atoms with Crippen LogP contribution in [-0.2, 0) is 6.42 Å². The lowest BCUT2D eigenvalue weighted by molar-refractivity contribution is -0.0104. The number of nitrogens with zero attached hydrogens (tertiary/aromatic N) is 1. The predicted octanol–water partition coefficient (Wildman–Crippen LogP) is 2.03. The second kappa shape index (κ2) is 5.44. The second-order valence-electron chi connectivity index (χ2n) is 6.48. The van der Waals surface area contributed by atoms with Gasteiger partial charge in [0.25, 0.3) is 0 Å². The van der Waals surface area contributed by atoms with Crippen LogP contribution in [0, 0.1) is 5.41 Å². The van der Waals surface area contributed by atoms with Crippen LogP contribution in [0.25, 0.3) is 0 Å². The zero-order chi connectivity index (χ0) is 14.8. The third-order valence-electron chi connectivity index (χ3n) is 4.36. The molecule has 0 saturated carbocycles. The largest absolute Gasteiger partial charge is 0.388 e. The Hall–Kier alpha value is -1.55. The first kappa shape index (κ1) is 14.9. The zero-order valence-electron chi connectivity index (χ0n) is 12.5. The van der Waals surface area contributed by atoms with E-state index in [1.807, 2.05) is 32.0 Å². The quantitative estimate of drug-likeness (QED) is 0.887. The van der Waals surface area contributed by atoms with Crippen LogP contribution in [-0.4, -0.2) is 41.3 Å². The molecule has 0 aliphatic carbocycles. The van der Waals surface area contributed by atoms with E-state index in [9.17, 15) is 9.90 Å². The van der Waals surface area contributed by atoms with Crippen molar-refractivity contribution in [1.29, 1.82) is 0 Å². The summed E-state index contributed by atoms with van der Waals surface area (Å²) < 4.78 is 0. The molecule has 4 nitrogen and oxygen atoms in total. The number of rotatable bonds is 3. The summed E-state index contributed by atoms with van der Waals surface area (Å²) in [5.74, 6) is 0. The fourth-order valence-electron chi connectivity index (χ4n) is 2.50. The van der Waals surface area contributed by atoms with Crippen molar-refractivity contribution in [3.05, 3.63) is 35.9 Å². The van der Waals surface area contributed by atoms with Gasteiger partial charge >= 0.3 is 6.03 Å². The van der Waals surface area contributed by atoms with Crippen LogP contribution in [0.5, 0.6) is 0 Å². The highest BCUT2D eigenvalue weighted by atomic mass is 16.3. The van der Waals surface area contributed by atoms with Gasteiger partial charge in [0, 0.05) is 18.5 Å². The molecule has 1 heterocycles. The predicted molar refractivity (Wildman–Crippen MR) is 79.5 cm³/mol. The first-order valence-corrected chi connectivity index (χ1v) is 7.11. The number of carbonyl (C=O) groups excluding carboxylic acids is 1. The van der Waals surface area contributed by atoms with E-state index in [0.29, 0.717) is 19.6 Å². The van der Waals surface area contributed by atoms with Crippen LogP contribution in [0.2, 0.25) is 0 Å². The number of benzene rings is 1. The van der Waals surface area contributed by atoms with Crippen molar-refractivity contribution in [2.24, 2.45) is 5.41 Å². The second-order valence-corrected chi connectivity index (χ2v) is 6.48. The minimum Gasteiger partial charge on any atom is -0.388 e. The average Bonchev–Trinajstić information content (AvgIpc) is 2.60. The van der Waals surface area contributed by atoms with Crippen LogP contribution >= 0.6 is 0 Å². The third-order valence-corrected chi connectivity index (χ3v) is 4.36. The van der Waals surface area contributed by atoms with E-state index in [4.69, 9.17) is 0 Å². The summed E-state index contributed by atoms with van der Waals surface area (Å²) in [4.78, 5) is 13.8. The number of β-amino-alcohol motifs (C(OH)–C–C–N with tert-alkyl or cyclic N) is 1. The van der Waals surface area contributed by atoms with Gasteiger partial charge in [0.15, 0.2) is 0 Å². The van der Waals surface area contributed by atoms with Gasteiger partial charge in [-0.1, -0.05) is 44.2 Å². The lowest BCUT2D eigenvalue weighted by Gasteiger charge is -2.30. The van der Waals surface area contributed by atoms with Crippen LogP contribution in [0.15, 0.2) is 30.3 Å². The van der Waals surface area contributed by atoms with Crippen molar-refractivity contribution < 1.29 is 9.90 Å². The van der Waals surface area contributed by atoms with E-state index < -0.39 is 5.60 Å². The van der Waals surface area contributed by atoms with Gasteiger partial charge in [-0.2, -0.15) is 0 Å². The SMILES string of the molecule is CC1(C)CN(C(=O)NCCc2ccccc2)C[C@]1(C)O. The number of nitrogens with one attached hydrogen (secondary N) is 1. The van der Waals surface area contributed by atoms with Crippen LogP contribution < -0.4 is 5.32 Å². The Morgan fingerprint density at radius 1 is 1.25 bits per heavy atom. The fraction of sp³-hybridized carbons (Fsp3) is 0.562. The number of likely N-dealkylation sites (tertiary alicyclic amines) is 1. The molecule has 2 N–H and O–H groups in total. The van der Waals surface area contributed by atoms with E-state index in [2.05, 4.69) is 17.4 Å². The highest BCUT2D eigenvalue weighted by Crippen LogP contribution is 2.38. The Balaban J connectivity index is 1.82. The van der Waals surface area contributed by atoms with Crippen molar-refractivity contribution in [3.8, 4) is 0 Å². The molecular formula is C16H24N2O2. The maximum atomic E-state index is 12.1. The van der Waals surface area contributed by atoms with Gasteiger partial charge in [-0.3, -0.25) is 0 Å². The molecule has 1 aliphatic heterocycles. The summed E-state index contributed by atoms with van der Waals surface area (Å²) in [6.07, 6.45) is 0.820. The van der Waals surface area contributed by atoms with E-state index >= 15 is 0 Å². The molecule has 1 aromatic rings. The number of hydrogen-bond acceptors (Lipinski definition) is 2. The molecule has 0 spiro atoms. The summed E-state index contributed by atoms with van der Waals surface area (Å²) >= 11 is 0. The molecule has 0 unspecified atom stereocenters. The molecule has 2 amide bonds. The van der Waals surface area contributed by atoms with E-state index in [0.717, 1.165) is 6.42 Å². The first-order valence-electron chi connectivity index (χ1n) is 7.11. The molecule has 0 aromatic heterocycles. The van der Waals surface area contributed by atoms with Crippen LogP contribution in [0.3, 0.4) is 0 Å². The summed E-state index contributed by atoms with van der Waals surface area (Å²) in [6, 6.07) is 9.99. The standard InChI is InChI=1S/C16H24N2O2/c1-15(2)11-18(12-16(15,3)20)14(19)17-10-9-13-7-5-4-6-8-13/h4-8,20H,9-12H2,1-3H3,(H,17,19)/t16-/m0/s1. The number of amides is 2. The van der Waals surface area contributed by atoms with Gasteiger partial charge in [0.1, 0.15) is 0 Å². The van der Waals surface area contributed by atoms with Crippen molar-refractivity contribution in [3.63, 3.8) is 0 Å². The average molecular weight is 276 g/mol. The summed E-state index contributed by atoms with van der Waals surface area (Å²) in [5.41, 5.74) is 0.106. The van der Waals surface area contributed by atoms with E-state index in [1.165, 1.54) is 5.56 Å². The van der Waals surface area contributed by atoms with Gasteiger partial charge in [-0.25, -0.2) is 4.79 Å². The summed E-state index contributed by atoms with van der Waals surface area (Å²) in [7, 11) is 0. The minimum absolute atomic E-state index is 0.0909. The Kier molecular flexibility index (Phi) is 4.04. The summed E-state index contributed by atoms with van der Waals surface area (Å²) in [5, 5.41) is 13.2. The molecule has 20 heavy (non-hydrogen) atoms. The van der Waals surface area contributed by atoms with Crippen LogP contribution in [0.1, 0.15) is 26.3 Å². The van der Waals surface area contributed by atoms with Crippen molar-refractivity contribution >= 4 is 6.03 Å². The molecular weight excluding hydrogens is 252 g/mol. The molecule has 0 bridgehead atoms. The number of carbonyl (C=O) groups is 1. The smallest absolute Gasteiger partial charge is 0.317 e. The maximum Gasteiger partial charge on any atom is 0.317 e. The Labute approximate surface area is 120 Å². The highest BCUT2D eigenvalue weighted by molar-refractivity contribution is 5.74. The summed E-state index contributed by atoms with van der Waals surface area (Å²) in [6.45, 7) is 7.36. The highest BCUT2D eigenvalue weighted by Gasteiger charge is 2.49. The Morgan fingerprint density at radius 2 is 1.90 bits per heavy atom. The van der Waals surface area contributed by atoms with Gasteiger partial charge in [0.2, 0.25) is 0 Å². The van der Waals surface area contributed by atoms with Crippen LogP contribution in [0.4, 0.5) is 4.79 Å². The lowest BCUT2D eigenvalue weighted by Crippen LogP contribution is -2.42. The van der Waals surface area contributed by atoms with Crippen molar-refractivity contribution in [2.45, 2.75) is 32.8 Å². The topological polar surface area (TPSA) is 52.6 Å². The zero-order valence-corrected chi connectivity index (χ0v) is 12.5. The molecule has 0 radical (unpaired) electrons. The molecule has 1 saturated heterocycles. The van der Waals surface area contributed by atoms with Gasteiger partial charge in [-0.05, 0) is 18.9 Å². The van der Waals surface area contributed by atoms with E-state index in [-0.39, 0.29) is 11.4 Å². The Morgan fingerprint density at radius 3 is 2.45 bits per heavy atom. The molecule has 110 valence electrons. The van der Waals surface area contributed by atoms with Gasteiger partial charge in [0.05, 0.1) is 12.1 Å². The molecule has 1 fully saturated rings. The fourth-order valence-corrected chi connectivity index (χ4v) is 2.50. The molecule has 1 atom stereocenters. The van der Waals surface area contributed by atoms with Crippen molar-refractivity contribution in [2.75, 3.05) is 19.6 Å². The molecule has 1 aliphatic rings. The van der Waals surface area contributed by atoms with Crippen molar-refractivity contribution in [1.82, 2.24) is 10.2 Å². The minimum atomic E-state index is -0.830.